The van der Waals surface area contributed by atoms with Crippen molar-refractivity contribution >= 4 is 44.3 Å². The van der Waals surface area contributed by atoms with Gasteiger partial charge in [0, 0.05) is 5.56 Å². The van der Waals surface area contributed by atoms with E-state index in [1.807, 2.05) is 0 Å². The molecule has 0 spiro atoms. The number of Topliss-reactive ketones (excluding diaryl/α,β-unsaturated/α-hetero) is 1. The molecule has 16 heavy (non-hydrogen) atoms. The smallest absolute Gasteiger partial charge is 0.403 e. The lowest BCUT2D eigenvalue weighted by molar-refractivity contribution is -0.275. The molecular formula is C9H5BrF3IO2. The number of rotatable bonds is 2. The van der Waals surface area contributed by atoms with Gasteiger partial charge in [-0.25, -0.2) is 0 Å². The molecule has 0 fully saturated rings. The van der Waals surface area contributed by atoms with Crippen molar-refractivity contribution < 1.29 is 22.7 Å². The van der Waals surface area contributed by atoms with Crippen molar-refractivity contribution in [2.45, 2.75) is 13.3 Å². The van der Waals surface area contributed by atoms with E-state index in [9.17, 15) is 18.0 Å². The first-order valence-electron chi connectivity index (χ1n) is 3.97. The molecule has 0 saturated carbocycles. The molecule has 0 aromatic heterocycles. The third-order valence-electron chi connectivity index (χ3n) is 1.65. The van der Waals surface area contributed by atoms with Gasteiger partial charge < -0.3 is 4.74 Å². The monoisotopic (exact) mass is 408 g/mol. The Hall–Kier alpha value is -0.310. The molecule has 0 atom stereocenters. The Balaban J connectivity index is 3.27. The second-order valence-corrected chi connectivity index (χ2v) is 4.78. The molecule has 0 unspecified atom stereocenters. The van der Waals surface area contributed by atoms with Crippen molar-refractivity contribution in [2.24, 2.45) is 0 Å². The molecule has 0 heterocycles. The second-order valence-electron chi connectivity index (χ2n) is 2.84. The van der Waals surface area contributed by atoms with Gasteiger partial charge in [-0.05, 0) is 57.6 Å². The van der Waals surface area contributed by atoms with Crippen LogP contribution in [0.1, 0.15) is 17.3 Å². The summed E-state index contributed by atoms with van der Waals surface area (Å²) in [6, 6.07) is 2.79. The topological polar surface area (TPSA) is 26.3 Å². The summed E-state index contributed by atoms with van der Waals surface area (Å²) in [5.41, 5.74) is 0.197. The maximum absolute atomic E-state index is 12.1. The fraction of sp³-hybridized carbons (Fsp3) is 0.222. The Morgan fingerprint density at radius 2 is 2.00 bits per heavy atom. The highest BCUT2D eigenvalue weighted by Gasteiger charge is 2.33. The summed E-state index contributed by atoms with van der Waals surface area (Å²) in [6.45, 7) is 1.28. The van der Waals surface area contributed by atoms with Gasteiger partial charge in [0.25, 0.3) is 0 Å². The number of carbonyl (C=O) groups is 1. The Kier molecular flexibility index (Phi) is 4.22. The standard InChI is InChI=1S/C9H5BrF3IO2/c1-4(15)5-2-3-6(10)8(7(5)14)16-9(11,12)13/h2-3H,1H3. The number of benzene rings is 1. The summed E-state index contributed by atoms with van der Waals surface area (Å²) in [7, 11) is 0. The second kappa shape index (κ2) is 4.91. The van der Waals surface area contributed by atoms with Crippen LogP contribution in [0.3, 0.4) is 0 Å². The fourth-order valence-electron chi connectivity index (χ4n) is 1.01. The number of carbonyl (C=O) groups excluding carboxylic acids is 1. The van der Waals surface area contributed by atoms with Crippen molar-refractivity contribution in [3.63, 3.8) is 0 Å². The first kappa shape index (κ1) is 13.8. The Labute approximate surface area is 111 Å². The van der Waals surface area contributed by atoms with Crippen LogP contribution in [0.4, 0.5) is 13.2 Å². The van der Waals surface area contributed by atoms with Gasteiger partial charge in [0.1, 0.15) is 0 Å². The van der Waals surface area contributed by atoms with E-state index in [0.717, 1.165) is 0 Å². The third-order valence-corrected chi connectivity index (χ3v) is 3.34. The lowest BCUT2D eigenvalue weighted by Crippen LogP contribution is -2.18. The van der Waals surface area contributed by atoms with Crippen LogP contribution in [-0.2, 0) is 0 Å². The molecule has 1 aromatic carbocycles. The average Bonchev–Trinajstić information content (AvgIpc) is 2.10. The van der Waals surface area contributed by atoms with E-state index in [0.29, 0.717) is 0 Å². The van der Waals surface area contributed by atoms with Crippen LogP contribution in [0, 0.1) is 3.57 Å². The van der Waals surface area contributed by atoms with Crippen LogP contribution in [0.25, 0.3) is 0 Å². The van der Waals surface area contributed by atoms with Crippen LogP contribution in [0.5, 0.6) is 5.75 Å². The van der Waals surface area contributed by atoms with Crippen LogP contribution in [0.2, 0.25) is 0 Å². The predicted molar refractivity (Wildman–Crippen MR) is 63.5 cm³/mol. The molecule has 1 rings (SSSR count). The minimum atomic E-state index is -4.78. The Morgan fingerprint density at radius 3 is 2.44 bits per heavy atom. The molecule has 0 bridgehead atoms. The van der Waals surface area contributed by atoms with Crippen molar-refractivity contribution in [3.05, 3.63) is 25.7 Å². The van der Waals surface area contributed by atoms with E-state index < -0.39 is 6.36 Å². The number of halogens is 5. The minimum absolute atomic E-state index is 0.136. The number of ketones is 1. The quantitative estimate of drug-likeness (QED) is 0.542. The van der Waals surface area contributed by atoms with Crippen LogP contribution < -0.4 is 4.74 Å². The van der Waals surface area contributed by atoms with Crippen LogP contribution in [-0.4, -0.2) is 12.1 Å². The van der Waals surface area contributed by atoms with Gasteiger partial charge in [0.2, 0.25) is 0 Å². The molecule has 0 N–H and O–H groups in total. The summed E-state index contributed by atoms with van der Waals surface area (Å²) < 4.78 is 40.4. The maximum Gasteiger partial charge on any atom is 0.573 e. The number of ether oxygens (including phenoxy) is 1. The van der Waals surface area contributed by atoms with E-state index >= 15 is 0 Å². The van der Waals surface area contributed by atoms with Crippen molar-refractivity contribution in [1.29, 1.82) is 0 Å². The average molecular weight is 409 g/mol. The van der Waals surface area contributed by atoms with Crippen molar-refractivity contribution in [3.8, 4) is 5.75 Å². The summed E-state index contributed by atoms with van der Waals surface area (Å²) >= 11 is 4.59. The lowest BCUT2D eigenvalue weighted by Gasteiger charge is -2.13. The molecule has 0 saturated heterocycles. The molecule has 1 aromatic rings. The zero-order valence-corrected chi connectivity index (χ0v) is 11.6. The van der Waals surface area contributed by atoms with Crippen molar-refractivity contribution in [2.75, 3.05) is 0 Å². The Bertz CT molecular complexity index is 431. The molecule has 2 nitrogen and oxygen atoms in total. The van der Waals surface area contributed by atoms with Crippen LogP contribution in [0.15, 0.2) is 16.6 Å². The molecular weight excluding hydrogens is 404 g/mol. The molecule has 0 radical (unpaired) electrons. The van der Waals surface area contributed by atoms with Gasteiger partial charge in [0.15, 0.2) is 11.5 Å². The zero-order chi connectivity index (χ0) is 12.5. The first-order valence-corrected chi connectivity index (χ1v) is 5.84. The van der Waals surface area contributed by atoms with Gasteiger partial charge in [-0.15, -0.1) is 13.2 Å². The zero-order valence-electron chi connectivity index (χ0n) is 7.86. The van der Waals surface area contributed by atoms with E-state index in [2.05, 4.69) is 20.7 Å². The van der Waals surface area contributed by atoms with E-state index in [4.69, 9.17) is 0 Å². The van der Waals surface area contributed by atoms with Gasteiger partial charge >= 0.3 is 6.36 Å². The lowest BCUT2D eigenvalue weighted by atomic mass is 10.1. The van der Waals surface area contributed by atoms with Gasteiger partial charge in [-0.2, -0.15) is 0 Å². The molecule has 0 aliphatic heterocycles. The number of hydrogen-bond donors (Lipinski definition) is 0. The maximum atomic E-state index is 12.1. The summed E-state index contributed by atoms with van der Waals surface area (Å²) in [5.74, 6) is -0.704. The highest BCUT2D eigenvalue weighted by atomic mass is 127. The SMILES string of the molecule is CC(=O)c1ccc(Br)c(OC(F)(F)F)c1I. The molecule has 88 valence electrons. The minimum Gasteiger partial charge on any atom is -0.403 e. The summed E-state index contributed by atoms with van der Waals surface area (Å²) in [5, 5.41) is 0. The highest BCUT2D eigenvalue weighted by Crippen LogP contribution is 2.36. The highest BCUT2D eigenvalue weighted by molar-refractivity contribution is 14.1. The largest absolute Gasteiger partial charge is 0.573 e. The first-order chi connectivity index (χ1) is 7.22. The van der Waals surface area contributed by atoms with Crippen molar-refractivity contribution in [1.82, 2.24) is 0 Å². The number of alkyl halides is 3. The van der Waals surface area contributed by atoms with Gasteiger partial charge in [0.05, 0.1) is 8.04 Å². The Morgan fingerprint density at radius 1 is 1.44 bits per heavy atom. The molecule has 0 aliphatic rings. The van der Waals surface area contributed by atoms with E-state index in [1.165, 1.54) is 19.1 Å². The number of hydrogen-bond acceptors (Lipinski definition) is 2. The van der Waals surface area contributed by atoms with E-state index in [-0.39, 0.29) is 25.1 Å². The van der Waals surface area contributed by atoms with Crippen LogP contribution >= 0.6 is 38.5 Å². The molecule has 0 aliphatic carbocycles. The normalized spacial score (nSPS) is 11.4. The van der Waals surface area contributed by atoms with Gasteiger partial charge in [-0.3, -0.25) is 4.79 Å². The predicted octanol–water partition coefficient (Wildman–Crippen LogP) is 4.15. The molecule has 7 heteroatoms. The summed E-state index contributed by atoms with van der Waals surface area (Å²) in [6.07, 6.45) is -4.78. The molecule has 0 amide bonds. The van der Waals surface area contributed by atoms with Gasteiger partial charge in [-0.1, -0.05) is 0 Å². The van der Waals surface area contributed by atoms with E-state index in [1.54, 1.807) is 22.6 Å². The summed E-state index contributed by atoms with van der Waals surface area (Å²) in [4.78, 5) is 11.1. The fourth-order valence-corrected chi connectivity index (χ4v) is 2.76. The third kappa shape index (κ3) is 3.34.